The minimum atomic E-state index is -0.606. The molecule has 0 aliphatic heterocycles. The Labute approximate surface area is 215 Å². The molecule has 0 aliphatic carbocycles. The minimum Gasteiger partial charge on any atom is -0.505 e. The fourth-order valence-electron chi connectivity index (χ4n) is 3.55. The second-order valence-corrected chi connectivity index (χ2v) is 9.91. The largest absolute Gasteiger partial charge is 0.505 e. The number of carbonyl (C=O) groups is 2. The highest BCUT2D eigenvalue weighted by Gasteiger charge is 2.23. The predicted molar refractivity (Wildman–Crippen MR) is 137 cm³/mol. The van der Waals surface area contributed by atoms with E-state index in [0.29, 0.717) is 40.3 Å². The monoisotopic (exact) mass is 514 g/mol. The number of esters is 1. The summed E-state index contributed by atoms with van der Waals surface area (Å²) in [5.41, 5.74) is 3.12. The van der Waals surface area contributed by atoms with Gasteiger partial charge >= 0.3 is 12.1 Å². The fourth-order valence-corrected chi connectivity index (χ4v) is 3.71. The van der Waals surface area contributed by atoms with Gasteiger partial charge in [-0.05, 0) is 55.0 Å². The van der Waals surface area contributed by atoms with E-state index in [1.54, 1.807) is 25.1 Å². The maximum Gasteiger partial charge on any atom is 0.407 e. The molecule has 0 fully saturated rings. The Balaban J connectivity index is 1.66. The van der Waals surface area contributed by atoms with E-state index >= 15 is 0 Å². The number of ether oxygens (including phenoxy) is 2. The molecule has 2 N–H and O–H groups in total. The van der Waals surface area contributed by atoms with E-state index in [1.165, 1.54) is 4.80 Å². The first-order valence-electron chi connectivity index (χ1n) is 11.6. The zero-order valence-corrected chi connectivity index (χ0v) is 21.7. The highest BCUT2D eigenvalue weighted by molar-refractivity contribution is 6.31. The zero-order valence-electron chi connectivity index (χ0n) is 20.9. The lowest BCUT2D eigenvalue weighted by molar-refractivity contribution is -0.139. The average molecular weight is 515 g/mol. The molecular formula is C26H31ClN4O5. The number of hydrogen-bond acceptors (Lipinski definition) is 7. The molecule has 0 radical (unpaired) electrons. The van der Waals surface area contributed by atoms with Crippen molar-refractivity contribution in [2.45, 2.75) is 52.4 Å². The number of carbonyl (C=O) groups excluding carboxylic acids is 2. The number of rotatable bonds is 9. The van der Waals surface area contributed by atoms with Gasteiger partial charge in [0.1, 0.15) is 22.5 Å². The number of benzene rings is 2. The van der Waals surface area contributed by atoms with Gasteiger partial charge in [0.2, 0.25) is 0 Å². The van der Waals surface area contributed by atoms with Crippen molar-refractivity contribution < 1.29 is 24.2 Å². The molecule has 3 aromatic rings. The van der Waals surface area contributed by atoms with E-state index < -0.39 is 12.1 Å². The molecule has 36 heavy (non-hydrogen) atoms. The highest BCUT2D eigenvalue weighted by atomic mass is 35.5. The first-order valence-corrected chi connectivity index (χ1v) is 12.0. The average Bonchev–Trinajstić information content (AvgIpc) is 3.19. The van der Waals surface area contributed by atoms with Crippen LogP contribution in [0.2, 0.25) is 5.02 Å². The second kappa shape index (κ2) is 11.4. The van der Waals surface area contributed by atoms with Crippen molar-refractivity contribution in [2.24, 2.45) is 0 Å². The van der Waals surface area contributed by atoms with Crippen molar-refractivity contribution in [2.75, 3.05) is 13.2 Å². The number of halogens is 1. The number of fused-ring (bicyclic) bond motifs is 1. The minimum absolute atomic E-state index is 0.0243. The first-order chi connectivity index (χ1) is 16.9. The molecule has 0 unspecified atom stereocenters. The third kappa shape index (κ3) is 7.21. The summed E-state index contributed by atoms with van der Waals surface area (Å²) in [6.07, 6.45) is 0.576. The molecule has 1 amide bonds. The summed E-state index contributed by atoms with van der Waals surface area (Å²) in [4.78, 5) is 24.7. The van der Waals surface area contributed by atoms with Gasteiger partial charge in [-0.3, -0.25) is 4.79 Å². The summed E-state index contributed by atoms with van der Waals surface area (Å²) >= 11 is 6.08. The van der Waals surface area contributed by atoms with Crippen LogP contribution in [0.15, 0.2) is 42.7 Å². The molecule has 3 rings (SSSR count). The van der Waals surface area contributed by atoms with Crippen LogP contribution in [0.3, 0.4) is 0 Å². The third-order valence-electron chi connectivity index (χ3n) is 5.24. The summed E-state index contributed by atoms with van der Waals surface area (Å²) in [6, 6.07) is 9.02. The van der Waals surface area contributed by atoms with E-state index in [2.05, 4.69) is 22.1 Å². The van der Waals surface area contributed by atoms with Gasteiger partial charge in [0, 0.05) is 17.1 Å². The lowest BCUT2D eigenvalue weighted by Crippen LogP contribution is -2.27. The SMILES string of the molecule is C=C(C)OC(=O)CCNC(=O)OCCCc1cc(-n2nc3ccc(Cl)cc3n2)c(O)c(C(C)(C)C)c1. The number of alkyl carbamates (subject to hydrolysis) is 1. The number of phenols is 1. The number of hydrogen-bond donors (Lipinski definition) is 2. The molecule has 0 aliphatic rings. The molecular weight excluding hydrogens is 484 g/mol. The summed E-state index contributed by atoms with van der Waals surface area (Å²) in [5, 5.41) is 23.1. The van der Waals surface area contributed by atoms with Crippen molar-refractivity contribution >= 4 is 34.7 Å². The molecule has 10 heteroatoms. The molecule has 0 atom stereocenters. The number of phenolic OH excluding ortho intramolecular Hbond substituents is 1. The number of aromatic hydroxyl groups is 1. The first kappa shape index (κ1) is 27.0. The predicted octanol–water partition coefficient (Wildman–Crippen LogP) is 5.20. The van der Waals surface area contributed by atoms with Crippen LogP contribution < -0.4 is 5.32 Å². The van der Waals surface area contributed by atoms with Gasteiger partial charge in [-0.25, -0.2) is 4.79 Å². The van der Waals surface area contributed by atoms with Crippen LogP contribution in [0.4, 0.5) is 4.79 Å². The highest BCUT2D eigenvalue weighted by Crippen LogP contribution is 2.36. The second-order valence-electron chi connectivity index (χ2n) is 9.48. The van der Waals surface area contributed by atoms with Crippen molar-refractivity contribution in [1.82, 2.24) is 20.3 Å². The standard InChI is InChI=1S/C26H31ClN4O5/c1-16(2)36-23(32)10-11-28-25(34)35-12-6-7-17-13-19(26(3,4)5)24(33)22(14-17)31-29-20-9-8-18(27)15-21(20)30-31/h8-9,13-15,33H,1,6-7,10-12H2,2-5H3,(H,28,34). The Morgan fingerprint density at radius 1 is 1.17 bits per heavy atom. The number of amides is 1. The van der Waals surface area contributed by atoms with Gasteiger partial charge in [0.15, 0.2) is 0 Å². The quantitative estimate of drug-likeness (QED) is 0.229. The van der Waals surface area contributed by atoms with Crippen molar-refractivity contribution in [1.29, 1.82) is 0 Å². The van der Waals surface area contributed by atoms with Crippen LogP contribution in [-0.2, 0) is 26.1 Å². The summed E-state index contributed by atoms with van der Waals surface area (Å²) in [6.45, 7) is 11.4. The molecule has 9 nitrogen and oxygen atoms in total. The Morgan fingerprint density at radius 2 is 1.89 bits per heavy atom. The maximum absolute atomic E-state index is 11.9. The Morgan fingerprint density at radius 3 is 2.58 bits per heavy atom. The molecule has 0 bridgehead atoms. The lowest BCUT2D eigenvalue weighted by atomic mass is 9.84. The maximum atomic E-state index is 11.9. The van der Waals surface area contributed by atoms with Crippen LogP contribution in [0.1, 0.15) is 51.7 Å². The zero-order chi connectivity index (χ0) is 26.5. The molecule has 192 valence electrons. The van der Waals surface area contributed by atoms with Crippen molar-refractivity contribution in [3.05, 3.63) is 58.8 Å². The van der Waals surface area contributed by atoms with Gasteiger partial charge in [0.25, 0.3) is 0 Å². The van der Waals surface area contributed by atoms with E-state index in [1.807, 2.05) is 32.9 Å². The van der Waals surface area contributed by atoms with Crippen molar-refractivity contribution in [3.8, 4) is 11.4 Å². The number of aromatic nitrogens is 3. The van der Waals surface area contributed by atoms with Crippen molar-refractivity contribution in [3.63, 3.8) is 0 Å². The van der Waals surface area contributed by atoms with Gasteiger partial charge in [-0.1, -0.05) is 45.0 Å². The molecule has 2 aromatic carbocycles. The van der Waals surface area contributed by atoms with Crippen LogP contribution >= 0.6 is 11.6 Å². The molecule has 0 spiro atoms. The Kier molecular flexibility index (Phi) is 8.57. The van der Waals surface area contributed by atoms with E-state index in [0.717, 1.165) is 11.1 Å². The van der Waals surface area contributed by atoms with Crippen LogP contribution in [0.25, 0.3) is 16.7 Å². The molecule has 1 aromatic heterocycles. The van der Waals surface area contributed by atoms with Crippen LogP contribution in [0, 0.1) is 0 Å². The van der Waals surface area contributed by atoms with E-state index in [4.69, 9.17) is 21.1 Å². The van der Waals surface area contributed by atoms with Crippen LogP contribution in [0.5, 0.6) is 5.75 Å². The smallest absolute Gasteiger partial charge is 0.407 e. The third-order valence-corrected chi connectivity index (χ3v) is 5.48. The van der Waals surface area contributed by atoms with Gasteiger partial charge < -0.3 is 19.9 Å². The molecule has 1 heterocycles. The van der Waals surface area contributed by atoms with Crippen LogP contribution in [-0.4, -0.2) is 45.3 Å². The lowest BCUT2D eigenvalue weighted by Gasteiger charge is -2.23. The Hall–Kier alpha value is -3.59. The van der Waals surface area contributed by atoms with Gasteiger partial charge in [-0.2, -0.15) is 0 Å². The van der Waals surface area contributed by atoms with E-state index in [9.17, 15) is 14.7 Å². The normalized spacial score (nSPS) is 11.4. The summed E-state index contributed by atoms with van der Waals surface area (Å²) in [5.74, 6) is -0.0581. The number of nitrogens with one attached hydrogen (secondary N) is 1. The summed E-state index contributed by atoms with van der Waals surface area (Å²) in [7, 11) is 0. The van der Waals surface area contributed by atoms with E-state index in [-0.39, 0.29) is 30.7 Å². The molecule has 0 saturated carbocycles. The Bertz CT molecular complexity index is 1280. The number of allylic oxidation sites excluding steroid dienone is 1. The molecule has 0 saturated heterocycles. The number of aryl methyl sites for hydroxylation is 1. The number of nitrogens with zero attached hydrogens (tertiary/aromatic N) is 3. The summed E-state index contributed by atoms with van der Waals surface area (Å²) < 4.78 is 10.0. The van der Waals surface area contributed by atoms with Gasteiger partial charge in [0.05, 0.1) is 18.8 Å². The topological polar surface area (TPSA) is 116 Å². The van der Waals surface area contributed by atoms with Gasteiger partial charge in [-0.15, -0.1) is 15.0 Å². The fraction of sp³-hybridized carbons (Fsp3) is 0.385.